The number of carbonyl (C=O) groups excluding carboxylic acids is 1. The lowest BCUT2D eigenvalue weighted by Crippen LogP contribution is -2.33. The van der Waals surface area contributed by atoms with Crippen LogP contribution in [0.15, 0.2) is 18.5 Å². The third-order valence-electron chi connectivity index (χ3n) is 3.03. The maximum atomic E-state index is 12.0. The van der Waals surface area contributed by atoms with E-state index in [9.17, 15) is 4.79 Å². The Kier molecular flexibility index (Phi) is 4.49. The van der Waals surface area contributed by atoms with Crippen molar-refractivity contribution in [2.45, 2.75) is 12.8 Å². The fraction of sp³-hybridized carbons (Fsp3) is 0.500. The van der Waals surface area contributed by atoms with E-state index in [0.29, 0.717) is 23.7 Å². The van der Waals surface area contributed by atoms with E-state index in [1.807, 2.05) is 0 Å². The predicted molar refractivity (Wildman–Crippen MR) is 67.9 cm³/mol. The summed E-state index contributed by atoms with van der Waals surface area (Å²) in [5.41, 5.74) is 3.49. The standard InChI is InChI=1S/C12H18N4O2/c13-16-11-7-14-4-3-10(11)12(17)15-6-9-2-1-5-18-8-9/h3-4,7,9,16H,1-2,5-6,8,13H2,(H,15,17). The highest BCUT2D eigenvalue weighted by atomic mass is 16.5. The van der Waals surface area contributed by atoms with Gasteiger partial charge >= 0.3 is 0 Å². The molecule has 1 aromatic rings. The minimum Gasteiger partial charge on any atom is -0.381 e. The SMILES string of the molecule is NNc1cnccc1C(=O)NCC1CCCOC1. The van der Waals surface area contributed by atoms with Crippen molar-refractivity contribution in [1.82, 2.24) is 10.3 Å². The smallest absolute Gasteiger partial charge is 0.253 e. The second-order valence-electron chi connectivity index (χ2n) is 4.36. The average molecular weight is 250 g/mol. The van der Waals surface area contributed by atoms with Crippen LogP contribution in [0, 0.1) is 5.92 Å². The van der Waals surface area contributed by atoms with E-state index >= 15 is 0 Å². The number of hydrogen-bond acceptors (Lipinski definition) is 5. The van der Waals surface area contributed by atoms with Gasteiger partial charge in [0.1, 0.15) is 0 Å². The Labute approximate surface area is 106 Å². The van der Waals surface area contributed by atoms with Crippen molar-refractivity contribution >= 4 is 11.6 Å². The number of nitrogens with two attached hydrogens (primary N) is 1. The summed E-state index contributed by atoms with van der Waals surface area (Å²) < 4.78 is 5.37. The number of carbonyl (C=O) groups is 1. The number of aromatic nitrogens is 1. The van der Waals surface area contributed by atoms with Crippen molar-refractivity contribution in [2.24, 2.45) is 11.8 Å². The van der Waals surface area contributed by atoms with Crippen LogP contribution in [-0.4, -0.2) is 30.6 Å². The van der Waals surface area contributed by atoms with Crippen LogP contribution >= 0.6 is 0 Å². The van der Waals surface area contributed by atoms with Gasteiger partial charge in [0, 0.05) is 19.3 Å². The van der Waals surface area contributed by atoms with Crippen molar-refractivity contribution in [3.8, 4) is 0 Å². The molecular weight excluding hydrogens is 232 g/mol. The number of nitrogen functional groups attached to an aromatic ring is 1. The van der Waals surface area contributed by atoms with Gasteiger partial charge in [0.2, 0.25) is 0 Å². The Hall–Kier alpha value is -1.66. The molecule has 1 unspecified atom stereocenters. The number of amides is 1. The van der Waals surface area contributed by atoms with Crippen LogP contribution in [0.3, 0.4) is 0 Å². The summed E-state index contributed by atoms with van der Waals surface area (Å²) in [4.78, 5) is 15.9. The maximum absolute atomic E-state index is 12.0. The Balaban J connectivity index is 1.90. The lowest BCUT2D eigenvalue weighted by molar-refractivity contribution is 0.0536. The number of rotatable bonds is 4. The maximum Gasteiger partial charge on any atom is 0.253 e. The van der Waals surface area contributed by atoms with Crippen LogP contribution in [0.4, 0.5) is 5.69 Å². The molecule has 2 rings (SSSR count). The first-order valence-electron chi connectivity index (χ1n) is 6.08. The number of ether oxygens (including phenoxy) is 1. The summed E-state index contributed by atoms with van der Waals surface area (Å²) in [6.07, 6.45) is 5.25. The van der Waals surface area contributed by atoms with Crippen molar-refractivity contribution in [1.29, 1.82) is 0 Å². The van der Waals surface area contributed by atoms with Gasteiger partial charge in [-0.2, -0.15) is 0 Å². The van der Waals surface area contributed by atoms with E-state index in [2.05, 4.69) is 15.7 Å². The first kappa shape index (κ1) is 12.8. The Morgan fingerprint density at radius 1 is 1.61 bits per heavy atom. The van der Waals surface area contributed by atoms with E-state index < -0.39 is 0 Å². The monoisotopic (exact) mass is 250 g/mol. The Bertz CT molecular complexity index is 405. The van der Waals surface area contributed by atoms with E-state index in [1.165, 1.54) is 6.20 Å². The summed E-state index contributed by atoms with van der Waals surface area (Å²) in [5.74, 6) is 5.60. The van der Waals surface area contributed by atoms with Crippen LogP contribution in [-0.2, 0) is 4.74 Å². The molecule has 0 aliphatic carbocycles. The number of nitrogens with one attached hydrogen (secondary N) is 2. The topological polar surface area (TPSA) is 89.3 Å². The third-order valence-corrected chi connectivity index (χ3v) is 3.03. The molecule has 18 heavy (non-hydrogen) atoms. The van der Waals surface area contributed by atoms with Gasteiger partial charge in [0.25, 0.3) is 5.91 Å². The predicted octanol–water partition coefficient (Wildman–Crippen LogP) is 0.524. The van der Waals surface area contributed by atoms with Gasteiger partial charge in [-0.05, 0) is 24.8 Å². The van der Waals surface area contributed by atoms with E-state index in [0.717, 1.165) is 26.1 Å². The zero-order chi connectivity index (χ0) is 12.8. The summed E-state index contributed by atoms with van der Waals surface area (Å²) in [7, 11) is 0. The Morgan fingerprint density at radius 3 is 3.22 bits per heavy atom. The van der Waals surface area contributed by atoms with Crippen LogP contribution in [0.25, 0.3) is 0 Å². The number of pyridine rings is 1. The molecule has 0 saturated carbocycles. The van der Waals surface area contributed by atoms with Gasteiger partial charge < -0.3 is 15.5 Å². The summed E-state index contributed by atoms with van der Waals surface area (Å²) in [6, 6.07) is 1.64. The van der Waals surface area contributed by atoms with Crippen molar-refractivity contribution in [3.05, 3.63) is 24.0 Å². The zero-order valence-corrected chi connectivity index (χ0v) is 10.2. The molecule has 1 atom stereocenters. The largest absolute Gasteiger partial charge is 0.381 e. The molecule has 6 heteroatoms. The van der Waals surface area contributed by atoms with Gasteiger partial charge in [-0.25, -0.2) is 0 Å². The molecule has 98 valence electrons. The molecule has 2 heterocycles. The van der Waals surface area contributed by atoms with E-state index in [1.54, 1.807) is 12.3 Å². The van der Waals surface area contributed by atoms with Crippen LogP contribution < -0.4 is 16.6 Å². The number of hydrogen-bond donors (Lipinski definition) is 3. The second kappa shape index (κ2) is 6.32. The van der Waals surface area contributed by atoms with Gasteiger partial charge in [0.15, 0.2) is 0 Å². The molecule has 1 aliphatic rings. The van der Waals surface area contributed by atoms with Crippen molar-refractivity contribution in [2.75, 3.05) is 25.2 Å². The van der Waals surface area contributed by atoms with Gasteiger partial charge in [-0.1, -0.05) is 0 Å². The number of hydrazine groups is 1. The van der Waals surface area contributed by atoms with Crippen LogP contribution in [0.1, 0.15) is 23.2 Å². The average Bonchev–Trinajstić information content (AvgIpc) is 2.45. The summed E-state index contributed by atoms with van der Waals surface area (Å²) in [5, 5.41) is 2.90. The number of anilines is 1. The molecule has 0 radical (unpaired) electrons. The first-order chi connectivity index (χ1) is 8.81. The molecular formula is C12H18N4O2. The highest BCUT2D eigenvalue weighted by Crippen LogP contribution is 2.14. The second-order valence-corrected chi connectivity index (χ2v) is 4.36. The fourth-order valence-electron chi connectivity index (χ4n) is 2.01. The molecule has 0 bridgehead atoms. The zero-order valence-electron chi connectivity index (χ0n) is 10.2. The quantitative estimate of drug-likeness (QED) is 0.535. The molecule has 1 fully saturated rings. The van der Waals surface area contributed by atoms with Crippen molar-refractivity contribution < 1.29 is 9.53 Å². The van der Waals surface area contributed by atoms with E-state index in [4.69, 9.17) is 10.6 Å². The minimum absolute atomic E-state index is 0.143. The highest BCUT2D eigenvalue weighted by molar-refractivity contribution is 5.99. The highest BCUT2D eigenvalue weighted by Gasteiger charge is 2.16. The number of nitrogens with zero attached hydrogens (tertiary/aromatic N) is 1. The van der Waals surface area contributed by atoms with E-state index in [-0.39, 0.29) is 5.91 Å². The summed E-state index contributed by atoms with van der Waals surface area (Å²) >= 11 is 0. The molecule has 1 aromatic heterocycles. The third kappa shape index (κ3) is 3.18. The molecule has 0 aromatic carbocycles. The molecule has 0 spiro atoms. The Morgan fingerprint density at radius 2 is 2.50 bits per heavy atom. The molecule has 1 aliphatic heterocycles. The van der Waals surface area contributed by atoms with Crippen LogP contribution in [0.5, 0.6) is 0 Å². The lowest BCUT2D eigenvalue weighted by Gasteiger charge is -2.22. The minimum atomic E-state index is -0.143. The normalized spacial score (nSPS) is 19.3. The molecule has 1 amide bonds. The molecule has 4 N–H and O–H groups in total. The molecule has 6 nitrogen and oxygen atoms in total. The summed E-state index contributed by atoms with van der Waals surface area (Å²) in [6.45, 7) is 2.18. The van der Waals surface area contributed by atoms with Gasteiger partial charge in [-0.3, -0.25) is 15.6 Å². The first-order valence-corrected chi connectivity index (χ1v) is 6.08. The van der Waals surface area contributed by atoms with Gasteiger partial charge in [0.05, 0.1) is 24.1 Å². The van der Waals surface area contributed by atoms with Gasteiger partial charge in [-0.15, -0.1) is 0 Å². The van der Waals surface area contributed by atoms with Crippen molar-refractivity contribution in [3.63, 3.8) is 0 Å². The van der Waals surface area contributed by atoms with Crippen LogP contribution in [0.2, 0.25) is 0 Å². The fourth-order valence-corrected chi connectivity index (χ4v) is 2.01. The molecule has 1 saturated heterocycles. The lowest BCUT2D eigenvalue weighted by atomic mass is 10.0.